The first-order chi connectivity index (χ1) is 23.0. The van der Waals surface area contributed by atoms with Crippen LogP contribution in [0.2, 0.25) is 0 Å². The van der Waals surface area contributed by atoms with Gasteiger partial charge in [-0.3, -0.25) is 4.55 Å². The predicted octanol–water partition coefficient (Wildman–Crippen LogP) is 2.27. The van der Waals surface area contributed by atoms with Gasteiger partial charge in [0.1, 0.15) is 12.2 Å². The Labute approximate surface area is 288 Å². The lowest BCUT2D eigenvalue weighted by atomic mass is 9.69. The largest absolute Gasteiger partial charge is 0.397 e. The molecule has 1 heterocycles. The molecule has 1 aliphatic heterocycles. The van der Waals surface area contributed by atoms with E-state index in [4.69, 9.17) is 14.0 Å². The minimum atomic E-state index is -4.76. The first-order valence-electron chi connectivity index (χ1n) is 16.0. The lowest BCUT2D eigenvalue weighted by Crippen LogP contribution is -2.53. The van der Waals surface area contributed by atoms with Crippen LogP contribution >= 0.6 is 0 Å². The second-order valence-electron chi connectivity index (χ2n) is 12.3. The van der Waals surface area contributed by atoms with Gasteiger partial charge in [-0.1, -0.05) is 38.8 Å². The van der Waals surface area contributed by atoms with Crippen molar-refractivity contribution in [1.82, 2.24) is 5.32 Å². The van der Waals surface area contributed by atoms with Crippen LogP contribution in [-0.4, -0.2) is 114 Å². The topological polar surface area (TPSA) is 221 Å². The Balaban J connectivity index is 2.00. The monoisotopic (exact) mass is 731 g/mol. The zero-order valence-corrected chi connectivity index (χ0v) is 30.0. The molecule has 17 heteroatoms. The van der Waals surface area contributed by atoms with Gasteiger partial charge in [0.2, 0.25) is 0 Å². The molecule has 49 heavy (non-hydrogen) atoms. The molecule has 0 aromatic heterocycles. The minimum Gasteiger partial charge on any atom is -0.394 e. The summed E-state index contributed by atoms with van der Waals surface area (Å²) < 4.78 is 73.0. The molecule has 15 nitrogen and oxygen atoms in total. The number of rotatable bonds is 17. The number of benzene rings is 2. The number of hydrogen-bond donors (Lipinski definition) is 6. The Morgan fingerprint density at radius 3 is 2.45 bits per heavy atom. The average molecular weight is 732 g/mol. The summed E-state index contributed by atoms with van der Waals surface area (Å²) in [6, 6.07) is 10.9. The molecule has 2 aromatic rings. The van der Waals surface area contributed by atoms with Crippen molar-refractivity contribution < 1.29 is 55.2 Å². The molecule has 6 atom stereocenters. The van der Waals surface area contributed by atoms with Gasteiger partial charge >= 0.3 is 16.4 Å². The molecule has 0 unspecified atom stereocenters. The molecule has 3 rings (SSSR count). The Kier molecular flexibility index (Phi) is 14.4. The number of nitrogens with one attached hydrogen (secondary N) is 2. The molecular weight excluding hydrogens is 682 g/mol. The van der Waals surface area contributed by atoms with E-state index in [-0.39, 0.29) is 16.3 Å². The van der Waals surface area contributed by atoms with E-state index in [0.717, 1.165) is 18.5 Å². The third-order valence-electron chi connectivity index (χ3n) is 8.90. The zero-order valence-electron chi connectivity index (χ0n) is 28.4. The number of hydrogen-bond acceptors (Lipinski definition) is 12. The predicted molar refractivity (Wildman–Crippen MR) is 183 cm³/mol. The maximum Gasteiger partial charge on any atom is 0.397 e. The van der Waals surface area contributed by atoms with Gasteiger partial charge in [0, 0.05) is 43.9 Å². The van der Waals surface area contributed by atoms with Gasteiger partial charge < -0.3 is 40.3 Å². The maximum atomic E-state index is 13.9. The van der Waals surface area contributed by atoms with Gasteiger partial charge in [0.25, 0.3) is 0 Å². The lowest BCUT2D eigenvalue weighted by Gasteiger charge is -2.39. The Bertz CT molecular complexity index is 1620. The van der Waals surface area contributed by atoms with E-state index in [1.54, 1.807) is 42.5 Å². The summed E-state index contributed by atoms with van der Waals surface area (Å²) in [6.45, 7) is 2.13. The van der Waals surface area contributed by atoms with Gasteiger partial charge in [-0.25, -0.2) is 17.4 Å². The van der Waals surface area contributed by atoms with Crippen LogP contribution in [0, 0.1) is 5.41 Å². The molecule has 1 aliphatic rings. The quantitative estimate of drug-likeness (QED) is 0.0782. The van der Waals surface area contributed by atoms with Gasteiger partial charge in [-0.05, 0) is 54.3 Å². The summed E-state index contributed by atoms with van der Waals surface area (Å²) in [5, 5.41) is 37.6. The highest BCUT2D eigenvalue weighted by Crippen LogP contribution is 2.49. The third kappa shape index (κ3) is 10.3. The fraction of sp³-hybridized carbons (Fsp3) is 0.594. The number of fused-ring (bicyclic) bond motifs is 1. The molecule has 6 N–H and O–H groups in total. The van der Waals surface area contributed by atoms with Gasteiger partial charge in [-0.2, -0.15) is 8.42 Å². The van der Waals surface area contributed by atoms with Crippen molar-refractivity contribution >= 4 is 37.6 Å². The number of nitrogens with zero attached hydrogens (tertiary/aromatic N) is 1. The number of carbonyl (C=O) groups is 1. The first-order valence-corrected chi connectivity index (χ1v) is 19.0. The van der Waals surface area contributed by atoms with Crippen molar-refractivity contribution in [2.24, 2.45) is 5.41 Å². The number of unbranched alkanes of at least 4 members (excludes halogenated alkanes) is 1. The molecular formula is C32H49N3O12S2. The molecule has 0 spiro atoms. The zero-order chi connectivity index (χ0) is 36.6. The van der Waals surface area contributed by atoms with Crippen molar-refractivity contribution in [3.05, 3.63) is 53.6 Å². The van der Waals surface area contributed by atoms with Crippen LogP contribution in [0.4, 0.5) is 16.2 Å². The third-order valence-corrected chi connectivity index (χ3v) is 11.4. The number of anilines is 2. The standard InChI is InChI=1S/C32H49N3O12S2/c1-6-8-14-32(7-2)20-48(40,41)26-13-12-23(35(3)4)18-24(26)27(29(32)38)21-10-9-11-22(17-21)33-31(39)34-30(28(37)25(19-36)45-5)46-15-16-47-49(42,43)44/h9-13,17-18,25,27-30,36-38H,6-8,14-16,19-20H2,1-5H3,(H2,33,34,39)(H,42,43,44)/t25-,27+,28+,29+,30+,32+/m0/s1. The van der Waals surface area contributed by atoms with Crippen molar-refractivity contribution in [2.45, 2.75) is 74.9 Å². The molecule has 0 radical (unpaired) electrons. The van der Waals surface area contributed by atoms with Crippen molar-refractivity contribution in [3.63, 3.8) is 0 Å². The molecule has 0 bridgehead atoms. The number of ether oxygens (including phenoxy) is 2. The molecule has 0 aliphatic carbocycles. The number of aliphatic hydroxyl groups is 3. The SMILES string of the molecule is CCCC[C@]1(CC)CS(=O)(=O)c2ccc(N(C)C)cc2[C@@H](c2cccc(NC(=O)N[C@H](OCCOS(=O)(=O)O)[C@H](O)[C@H](CO)OC)c2)[C@H]1O. The van der Waals surface area contributed by atoms with Crippen LogP contribution in [0.1, 0.15) is 56.6 Å². The molecule has 2 amide bonds. The van der Waals surface area contributed by atoms with Crippen LogP contribution in [0.15, 0.2) is 47.4 Å². The first kappa shape index (κ1) is 40.6. The highest BCUT2D eigenvalue weighted by molar-refractivity contribution is 7.91. The molecule has 0 saturated heterocycles. The van der Waals surface area contributed by atoms with Gasteiger partial charge in [0.15, 0.2) is 16.1 Å². The van der Waals surface area contributed by atoms with E-state index in [0.29, 0.717) is 24.0 Å². The Morgan fingerprint density at radius 2 is 1.86 bits per heavy atom. The average Bonchev–Trinajstić information content (AvgIpc) is 3.11. The minimum absolute atomic E-state index is 0.147. The molecule has 276 valence electrons. The van der Waals surface area contributed by atoms with E-state index < -0.39 is 82.0 Å². The highest BCUT2D eigenvalue weighted by Gasteiger charge is 2.49. The van der Waals surface area contributed by atoms with Crippen molar-refractivity contribution in [1.29, 1.82) is 0 Å². The number of aliphatic hydroxyl groups excluding tert-OH is 3. The lowest BCUT2D eigenvalue weighted by molar-refractivity contribution is -0.122. The van der Waals surface area contributed by atoms with Crippen molar-refractivity contribution in [2.75, 3.05) is 57.0 Å². The number of sulfone groups is 1. The van der Waals surface area contributed by atoms with Gasteiger partial charge in [-0.15, -0.1) is 0 Å². The van der Waals surface area contributed by atoms with Crippen molar-refractivity contribution in [3.8, 4) is 0 Å². The number of carbonyl (C=O) groups excluding carboxylic acids is 1. The summed E-state index contributed by atoms with van der Waals surface area (Å²) in [4.78, 5) is 15.2. The highest BCUT2D eigenvalue weighted by atomic mass is 32.3. The number of amides is 2. The van der Waals surface area contributed by atoms with Crippen LogP contribution in [-0.2, 0) is 33.9 Å². The fourth-order valence-corrected chi connectivity index (χ4v) is 8.70. The fourth-order valence-electron chi connectivity index (χ4n) is 6.17. The maximum absolute atomic E-state index is 13.9. The molecule has 2 aromatic carbocycles. The van der Waals surface area contributed by atoms with Crippen LogP contribution in [0.5, 0.6) is 0 Å². The number of methoxy groups -OCH3 is 1. The summed E-state index contributed by atoms with van der Waals surface area (Å²) in [5.41, 5.74) is 1.08. The summed E-state index contributed by atoms with van der Waals surface area (Å²) >= 11 is 0. The Morgan fingerprint density at radius 1 is 1.14 bits per heavy atom. The Hall–Kier alpha value is -2.87. The molecule has 0 saturated carbocycles. The summed E-state index contributed by atoms with van der Waals surface area (Å²) in [5.74, 6) is -0.987. The van der Waals surface area contributed by atoms with E-state index in [2.05, 4.69) is 14.8 Å². The van der Waals surface area contributed by atoms with Crippen LogP contribution in [0.25, 0.3) is 0 Å². The number of urea groups is 1. The normalized spacial score (nSPS) is 22.3. The summed E-state index contributed by atoms with van der Waals surface area (Å²) in [7, 11) is -3.67. The second kappa shape index (κ2) is 17.4. The van der Waals surface area contributed by atoms with Crippen LogP contribution < -0.4 is 15.5 Å². The molecule has 0 fully saturated rings. The summed E-state index contributed by atoms with van der Waals surface area (Å²) in [6.07, 6.45) is -2.96. The second-order valence-corrected chi connectivity index (χ2v) is 15.4. The van der Waals surface area contributed by atoms with E-state index in [1.165, 1.54) is 7.11 Å². The van der Waals surface area contributed by atoms with E-state index >= 15 is 0 Å². The smallest absolute Gasteiger partial charge is 0.394 e. The van der Waals surface area contributed by atoms with E-state index in [9.17, 15) is 36.9 Å². The van der Waals surface area contributed by atoms with Crippen LogP contribution in [0.3, 0.4) is 0 Å². The van der Waals surface area contributed by atoms with E-state index in [1.807, 2.05) is 32.8 Å². The van der Waals surface area contributed by atoms with Gasteiger partial charge in [0.05, 0.1) is 36.6 Å².